The Morgan fingerprint density at radius 1 is 1.10 bits per heavy atom. The molecule has 2 aromatic rings. The molecule has 2 nitrogen and oxygen atoms in total. The predicted octanol–water partition coefficient (Wildman–Crippen LogP) is 4.43. The smallest absolute Gasteiger partial charge is 0.171 e. The van der Waals surface area contributed by atoms with Gasteiger partial charge in [-0.25, -0.2) is 0 Å². The van der Waals surface area contributed by atoms with Crippen molar-refractivity contribution in [1.82, 2.24) is 5.32 Å². The molecule has 3 heteroatoms. The zero-order valence-corrected chi connectivity index (χ0v) is 12.7. The number of benzene rings is 2. The molecule has 0 heterocycles. The first-order valence-corrected chi connectivity index (χ1v) is 7.29. The monoisotopic (exact) mass is 284 g/mol. The van der Waals surface area contributed by atoms with Crippen LogP contribution in [-0.2, 0) is 0 Å². The largest absolute Gasteiger partial charge is 0.356 e. The molecule has 2 aromatic carbocycles. The van der Waals surface area contributed by atoms with Crippen LogP contribution < -0.4 is 10.6 Å². The van der Waals surface area contributed by atoms with Crippen molar-refractivity contribution in [1.29, 1.82) is 0 Å². The van der Waals surface area contributed by atoms with Gasteiger partial charge in [-0.1, -0.05) is 49.4 Å². The van der Waals surface area contributed by atoms with Gasteiger partial charge in [0.25, 0.3) is 0 Å². The van der Waals surface area contributed by atoms with Gasteiger partial charge in [0, 0.05) is 5.69 Å². The minimum absolute atomic E-state index is 0.237. The van der Waals surface area contributed by atoms with Gasteiger partial charge in [-0.3, -0.25) is 0 Å². The molecule has 104 valence electrons. The van der Waals surface area contributed by atoms with Crippen molar-refractivity contribution in [2.24, 2.45) is 0 Å². The quantitative estimate of drug-likeness (QED) is 0.812. The molecule has 1 unspecified atom stereocenters. The standard InChI is InChI=1S/C17H20N2S/c1-3-16(14-9-5-4-6-10-14)19-17(20)18-15-11-7-8-13(2)12-15/h4-12,16H,3H2,1-2H3,(H2,18,19,20). The first kappa shape index (κ1) is 14.5. The minimum atomic E-state index is 0.237. The van der Waals surface area contributed by atoms with E-state index in [4.69, 9.17) is 12.2 Å². The van der Waals surface area contributed by atoms with Crippen molar-refractivity contribution < 1.29 is 0 Å². The number of thiocarbonyl (C=S) groups is 1. The van der Waals surface area contributed by atoms with Crippen LogP contribution in [0.1, 0.15) is 30.5 Å². The van der Waals surface area contributed by atoms with Crippen LogP contribution in [-0.4, -0.2) is 5.11 Å². The summed E-state index contributed by atoms with van der Waals surface area (Å²) >= 11 is 5.40. The maximum atomic E-state index is 5.40. The van der Waals surface area contributed by atoms with E-state index in [-0.39, 0.29) is 6.04 Å². The molecule has 0 aliphatic carbocycles. The Kier molecular flexibility index (Phi) is 5.13. The van der Waals surface area contributed by atoms with Crippen LogP contribution >= 0.6 is 12.2 Å². The summed E-state index contributed by atoms with van der Waals surface area (Å²) < 4.78 is 0. The molecule has 0 fully saturated rings. The van der Waals surface area contributed by atoms with Crippen molar-refractivity contribution in [2.45, 2.75) is 26.3 Å². The first-order chi connectivity index (χ1) is 9.69. The number of aryl methyl sites for hydroxylation is 1. The molecule has 0 aliphatic heterocycles. The zero-order chi connectivity index (χ0) is 14.4. The molecule has 2 rings (SSSR count). The predicted molar refractivity (Wildman–Crippen MR) is 90.0 cm³/mol. The van der Waals surface area contributed by atoms with E-state index in [1.165, 1.54) is 11.1 Å². The second-order valence-corrected chi connectivity index (χ2v) is 5.25. The van der Waals surface area contributed by atoms with E-state index in [9.17, 15) is 0 Å². The number of rotatable bonds is 4. The lowest BCUT2D eigenvalue weighted by Gasteiger charge is -2.20. The third-order valence-electron chi connectivity index (χ3n) is 3.19. The fourth-order valence-electron chi connectivity index (χ4n) is 2.15. The molecule has 0 saturated carbocycles. The molecule has 0 aliphatic rings. The van der Waals surface area contributed by atoms with Crippen LogP contribution in [0.4, 0.5) is 5.69 Å². The van der Waals surface area contributed by atoms with E-state index < -0.39 is 0 Å². The van der Waals surface area contributed by atoms with Crippen molar-refractivity contribution in [3.63, 3.8) is 0 Å². The van der Waals surface area contributed by atoms with Gasteiger partial charge in [-0.05, 0) is 48.8 Å². The molecule has 0 amide bonds. The second kappa shape index (κ2) is 7.06. The van der Waals surface area contributed by atoms with Gasteiger partial charge in [0.05, 0.1) is 6.04 Å². The topological polar surface area (TPSA) is 24.1 Å². The van der Waals surface area contributed by atoms with Crippen LogP contribution in [0, 0.1) is 6.92 Å². The summed E-state index contributed by atoms with van der Waals surface area (Å²) in [6.45, 7) is 4.22. The fraction of sp³-hybridized carbons (Fsp3) is 0.235. The van der Waals surface area contributed by atoms with Crippen molar-refractivity contribution in [2.75, 3.05) is 5.32 Å². The Balaban J connectivity index is 2.00. The zero-order valence-electron chi connectivity index (χ0n) is 11.9. The van der Waals surface area contributed by atoms with Crippen LogP contribution in [0.2, 0.25) is 0 Å². The summed E-state index contributed by atoms with van der Waals surface area (Å²) in [7, 11) is 0. The Labute approximate surface area is 126 Å². The van der Waals surface area contributed by atoms with E-state index in [0.717, 1.165) is 12.1 Å². The third kappa shape index (κ3) is 4.07. The van der Waals surface area contributed by atoms with E-state index >= 15 is 0 Å². The van der Waals surface area contributed by atoms with Crippen molar-refractivity contribution in [3.8, 4) is 0 Å². The van der Waals surface area contributed by atoms with Gasteiger partial charge in [-0.15, -0.1) is 0 Å². The van der Waals surface area contributed by atoms with Crippen molar-refractivity contribution in [3.05, 3.63) is 65.7 Å². The van der Waals surface area contributed by atoms with E-state index in [0.29, 0.717) is 5.11 Å². The van der Waals surface area contributed by atoms with Crippen LogP contribution in [0.3, 0.4) is 0 Å². The highest BCUT2D eigenvalue weighted by atomic mass is 32.1. The van der Waals surface area contributed by atoms with Crippen LogP contribution in [0.15, 0.2) is 54.6 Å². The van der Waals surface area contributed by atoms with Gasteiger partial charge in [-0.2, -0.15) is 0 Å². The molecule has 0 spiro atoms. The number of hydrogen-bond donors (Lipinski definition) is 2. The van der Waals surface area contributed by atoms with Gasteiger partial charge < -0.3 is 10.6 Å². The Morgan fingerprint density at radius 2 is 1.85 bits per heavy atom. The maximum absolute atomic E-state index is 5.40. The average molecular weight is 284 g/mol. The highest BCUT2D eigenvalue weighted by molar-refractivity contribution is 7.80. The SMILES string of the molecule is CCC(NC(=S)Nc1cccc(C)c1)c1ccccc1. The summed E-state index contributed by atoms with van der Waals surface area (Å²) in [5, 5.41) is 7.27. The van der Waals surface area contributed by atoms with Crippen LogP contribution in [0.5, 0.6) is 0 Å². The van der Waals surface area contributed by atoms with Gasteiger partial charge in [0.1, 0.15) is 0 Å². The summed E-state index contributed by atoms with van der Waals surface area (Å²) in [6, 6.07) is 18.8. The summed E-state index contributed by atoms with van der Waals surface area (Å²) in [4.78, 5) is 0. The van der Waals surface area contributed by atoms with Crippen LogP contribution in [0.25, 0.3) is 0 Å². The van der Waals surface area contributed by atoms with E-state index in [1.54, 1.807) is 0 Å². The van der Waals surface area contributed by atoms with Gasteiger partial charge >= 0.3 is 0 Å². The Hall–Kier alpha value is -1.87. The lowest BCUT2D eigenvalue weighted by molar-refractivity contribution is 0.629. The minimum Gasteiger partial charge on any atom is -0.356 e. The molecule has 1 atom stereocenters. The third-order valence-corrected chi connectivity index (χ3v) is 3.41. The van der Waals surface area contributed by atoms with Gasteiger partial charge in [0.15, 0.2) is 5.11 Å². The van der Waals surface area contributed by atoms with E-state index in [2.05, 4.69) is 60.9 Å². The molecule has 0 radical (unpaired) electrons. The number of anilines is 1. The number of nitrogens with one attached hydrogen (secondary N) is 2. The molecule has 0 bridgehead atoms. The van der Waals surface area contributed by atoms with E-state index in [1.807, 2.05) is 18.2 Å². The van der Waals surface area contributed by atoms with Crippen molar-refractivity contribution >= 4 is 23.0 Å². The molecule has 2 N–H and O–H groups in total. The molecule has 0 saturated heterocycles. The highest BCUT2D eigenvalue weighted by Gasteiger charge is 2.09. The number of hydrogen-bond acceptors (Lipinski definition) is 1. The Morgan fingerprint density at radius 3 is 2.50 bits per heavy atom. The average Bonchev–Trinajstić information content (AvgIpc) is 2.45. The highest BCUT2D eigenvalue weighted by Crippen LogP contribution is 2.16. The first-order valence-electron chi connectivity index (χ1n) is 6.88. The maximum Gasteiger partial charge on any atom is 0.171 e. The summed E-state index contributed by atoms with van der Waals surface area (Å²) in [5.74, 6) is 0. The second-order valence-electron chi connectivity index (χ2n) is 4.84. The summed E-state index contributed by atoms with van der Waals surface area (Å²) in [6.07, 6.45) is 0.986. The molecular formula is C17H20N2S. The molecular weight excluding hydrogens is 264 g/mol. The lowest BCUT2D eigenvalue weighted by Crippen LogP contribution is -2.32. The van der Waals surface area contributed by atoms with Gasteiger partial charge in [0.2, 0.25) is 0 Å². The Bertz CT molecular complexity index is 566. The molecule has 20 heavy (non-hydrogen) atoms. The fourth-order valence-corrected chi connectivity index (χ4v) is 2.41. The normalized spacial score (nSPS) is 11.7. The summed E-state index contributed by atoms with van der Waals surface area (Å²) in [5.41, 5.74) is 3.49. The lowest BCUT2D eigenvalue weighted by atomic mass is 10.1. The molecule has 0 aromatic heterocycles.